The lowest BCUT2D eigenvalue weighted by atomic mass is 10.2. The summed E-state index contributed by atoms with van der Waals surface area (Å²) in [6, 6.07) is 4.27. The van der Waals surface area contributed by atoms with Crippen LogP contribution in [0, 0.1) is 11.7 Å². The molecule has 0 fully saturated rings. The summed E-state index contributed by atoms with van der Waals surface area (Å²) in [6.07, 6.45) is -0.680. The molecule has 0 aliphatic heterocycles. The first-order chi connectivity index (χ1) is 8.93. The molecule has 0 saturated heterocycles. The maximum absolute atomic E-state index is 13.5. The van der Waals surface area contributed by atoms with Crippen molar-refractivity contribution in [2.75, 3.05) is 23.1 Å². The minimum Gasteiger partial charge on any atom is -0.390 e. The van der Waals surface area contributed by atoms with Gasteiger partial charge in [-0.1, -0.05) is 13.8 Å². The Morgan fingerprint density at radius 3 is 2.74 bits per heavy atom. The first-order valence-corrected chi connectivity index (χ1v) is 6.55. The third-order valence-corrected chi connectivity index (χ3v) is 2.82. The van der Waals surface area contributed by atoms with E-state index in [2.05, 4.69) is 10.6 Å². The molecule has 1 aromatic carbocycles. The molecule has 0 heterocycles. The fourth-order valence-corrected chi connectivity index (χ4v) is 1.41. The Balaban J connectivity index is 2.74. The highest BCUT2D eigenvalue weighted by molar-refractivity contribution is 6.18. The van der Waals surface area contributed by atoms with E-state index in [1.54, 1.807) is 13.8 Å². The van der Waals surface area contributed by atoms with E-state index in [9.17, 15) is 14.3 Å². The Morgan fingerprint density at radius 1 is 1.47 bits per heavy atom. The Bertz CT molecular complexity index is 441. The van der Waals surface area contributed by atoms with E-state index in [4.69, 9.17) is 11.6 Å². The second kappa shape index (κ2) is 7.31. The van der Waals surface area contributed by atoms with Crippen LogP contribution in [0.1, 0.15) is 13.8 Å². The summed E-state index contributed by atoms with van der Waals surface area (Å²) in [5, 5.41) is 14.7. The highest BCUT2D eigenvalue weighted by Gasteiger charge is 2.11. The van der Waals surface area contributed by atoms with Crippen LogP contribution < -0.4 is 10.6 Å². The number of amides is 1. The number of nitrogens with one attached hydrogen (secondary N) is 2. The first-order valence-electron chi connectivity index (χ1n) is 6.02. The summed E-state index contributed by atoms with van der Waals surface area (Å²) in [5.41, 5.74) is 0.716. The van der Waals surface area contributed by atoms with Crippen LogP contribution in [0.2, 0.25) is 0 Å². The van der Waals surface area contributed by atoms with Crippen molar-refractivity contribution in [2.45, 2.75) is 20.0 Å². The topological polar surface area (TPSA) is 61.4 Å². The van der Waals surface area contributed by atoms with E-state index in [-0.39, 0.29) is 29.9 Å². The second-order valence-electron chi connectivity index (χ2n) is 4.53. The van der Waals surface area contributed by atoms with E-state index >= 15 is 0 Å². The molecule has 6 heteroatoms. The van der Waals surface area contributed by atoms with E-state index in [1.807, 2.05) is 0 Å². The van der Waals surface area contributed by atoms with Gasteiger partial charge in [0.25, 0.3) is 0 Å². The lowest BCUT2D eigenvalue weighted by Crippen LogP contribution is -2.21. The standard InChI is InChI=1S/C13H18ClFN2O2/c1-8(2)13(19)17-12-5-9(3-4-11(12)15)16-7-10(18)6-14/h3-5,8,10,16,18H,6-7H2,1-2H3,(H,17,19). The Kier molecular flexibility index (Phi) is 6.05. The number of alkyl halides is 1. The van der Waals surface area contributed by atoms with Crippen LogP contribution in [0.3, 0.4) is 0 Å². The predicted molar refractivity (Wildman–Crippen MR) is 75.1 cm³/mol. The molecule has 4 nitrogen and oxygen atoms in total. The molecular weight excluding hydrogens is 271 g/mol. The third kappa shape index (κ3) is 5.04. The van der Waals surface area contributed by atoms with Crippen molar-refractivity contribution in [3.8, 4) is 0 Å². The molecular formula is C13H18ClFN2O2. The normalized spacial score (nSPS) is 12.3. The number of carbonyl (C=O) groups is 1. The molecule has 1 aromatic rings. The smallest absolute Gasteiger partial charge is 0.227 e. The van der Waals surface area contributed by atoms with E-state index in [1.165, 1.54) is 18.2 Å². The Morgan fingerprint density at radius 2 is 2.16 bits per heavy atom. The lowest BCUT2D eigenvalue weighted by Gasteiger charge is -2.13. The molecule has 1 amide bonds. The van der Waals surface area contributed by atoms with Gasteiger partial charge in [0.15, 0.2) is 0 Å². The largest absolute Gasteiger partial charge is 0.390 e. The van der Waals surface area contributed by atoms with Crippen molar-refractivity contribution in [1.29, 1.82) is 0 Å². The quantitative estimate of drug-likeness (QED) is 0.705. The monoisotopic (exact) mass is 288 g/mol. The average molecular weight is 289 g/mol. The second-order valence-corrected chi connectivity index (χ2v) is 4.84. The van der Waals surface area contributed by atoms with Gasteiger partial charge in [-0.05, 0) is 18.2 Å². The minimum absolute atomic E-state index is 0.115. The number of benzene rings is 1. The zero-order valence-electron chi connectivity index (χ0n) is 10.9. The molecule has 106 valence electrons. The fourth-order valence-electron chi connectivity index (χ4n) is 1.30. The van der Waals surface area contributed by atoms with Crippen molar-refractivity contribution >= 4 is 28.9 Å². The Labute approximate surface area is 117 Å². The lowest BCUT2D eigenvalue weighted by molar-refractivity contribution is -0.118. The molecule has 19 heavy (non-hydrogen) atoms. The van der Waals surface area contributed by atoms with Crippen LogP contribution in [-0.4, -0.2) is 29.5 Å². The van der Waals surface area contributed by atoms with Crippen LogP contribution in [0.4, 0.5) is 15.8 Å². The van der Waals surface area contributed by atoms with Gasteiger partial charge in [-0.15, -0.1) is 11.6 Å². The summed E-state index contributed by atoms with van der Waals surface area (Å²) in [6.45, 7) is 3.71. The van der Waals surface area contributed by atoms with Crippen molar-refractivity contribution in [2.24, 2.45) is 5.92 Å². The number of rotatable bonds is 6. The SMILES string of the molecule is CC(C)C(=O)Nc1cc(NCC(O)CCl)ccc1F. The number of aliphatic hydroxyl groups is 1. The van der Waals surface area contributed by atoms with Crippen molar-refractivity contribution in [3.05, 3.63) is 24.0 Å². The van der Waals surface area contributed by atoms with E-state index < -0.39 is 11.9 Å². The molecule has 0 bridgehead atoms. The first kappa shape index (κ1) is 15.7. The number of hydrogen-bond acceptors (Lipinski definition) is 3. The number of carbonyl (C=O) groups excluding carboxylic acids is 1. The predicted octanol–water partition coefficient (Wildman–Crippen LogP) is 2.43. The summed E-state index contributed by atoms with van der Waals surface area (Å²) in [4.78, 5) is 11.5. The molecule has 0 aliphatic rings. The molecule has 0 spiro atoms. The zero-order chi connectivity index (χ0) is 14.4. The number of hydrogen-bond donors (Lipinski definition) is 3. The minimum atomic E-state index is -0.680. The summed E-state index contributed by atoms with van der Waals surface area (Å²) >= 11 is 5.47. The molecule has 1 atom stereocenters. The Hall–Kier alpha value is -1.33. The van der Waals surface area contributed by atoms with Gasteiger partial charge in [0.1, 0.15) is 5.82 Å². The molecule has 0 aliphatic carbocycles. The maximum atomic E-state index is 13.5. The van der Waals surface area contributed by atoms with E-state index in [0.29, 0.717) is 5.69 Å². The number of anilines is 2. The van der Waals surface area contributed by atoms with Gasteiger partial charge < -0.3 is 15.7 Å². The van der Waals surface area contributed by atoms with Crippen LogP contribution >= 0.6 is 11.6 Å². The maximum Gasteiger partial charge on any atom is 0.227 e. The third-order valence-electron chi connectivity index (χ3n) is 2.47. The highest BCUT2D eigenvalue weighted by Crippen LogP contribution is 2.20. The van der Waals surface area contributed by atoms with Crippen molar-refractivity contribution < 1.29 is 14.3 Å². The van der Waals surface area contributed by atoms with Crippen LogP contribution in [0.15, 0.2) is 18.2 Å². The summed E-state index contributed by atoms with van der Waals surface area (Å²) < 4.78 is 13.5. The summed E-state index contributed by atoms with van der Waals surface area (Å²) in [7, 11) is 0. The molecule has 0 aromatic heterocycles. The molecule has 1 unspecified atom stereocenters. The molecule has 3 N–H and O–H groups in total. The average Bonchev–Trinajstić information content (AvgIpc) is 2.38. The molecule has 0 radical (unpaired) electrons. The number of aliphatic hydroxyl groups excluding tert-OH is 1. The van der Waals surface area contributed by atoms with Crippen LogP contribution in [-0.2, 0) is 4.79 Å². The fraction of sp³-hybridized carbons (Fsp3) is 0.462. The van der Waals surface area contributed by atoms with Crippen molar-refractivity contribution in [1.82, 2.24) is 0 Å². The van der Waals surface area contributed by atoms with Crippen molar-refractivity contribution in [3.63, 3.8) is 0 Å². The summed E-state index contributed by atoms with van der Waals surface area (Å²) in [5.74, 6) is -0.867. The van der Waals surface area contributed by atoms with Crippen LogP contribution in [0.25, 0.3) is 0 Å². The van der Waals surface area contributed by atoms with Gasteiger partial charge in [-0.25, -0.2) is 4.39 Å². The van der Waals surface area contributed by atoms with Gasteiger partial charge in [-0.3, -0.25) is 4.79 Å². The van der Waals surface area contributed by atoms with Gasteiger partial charge in [0, 0.05) is 18.2 Å². The van der Waals surface area contributed by atoms with Gasteiger partial charge >= 0.3 is 0 Å². The zero-order valence-corrected chi connectivity index (χ0v) is 11.7. The van der Waals surface area contributed by atoms with Gasteiger partial charge in [0.2, 0.25) is 5.91 Å². The molecule has 1 rings (SSSR count). The molecule has 0 saturated carbocycles. The van der Waals surface area contributed by atoms with Gasteiger partial charge in [-0.2, -0.15) is 0 Å². The van der Waals surface area contributed by atoms with Crippen LogP contribution in [0.5, 0.6) is 0 Å². The number of halogens is 2. The van der Waals surface area contributed by atoms with Gasteiger partial charge in [0.05, 0.1) is 17.7 Å². The van der Waals surface area contributed by atoms with E-state index in [0.717, 1.165) is 0 Å². The highest BCUT2D eigenvalue weighted by atomic mass is 35.5.